The van der Waals surface area contributed by atoms with Crippen LogP contribution in [0.1, 0.15) is 51.3 Å². The fourth-order valence-electron chi connectivity index (χ4n) is 2.87. The van der Waals surface area contributed by atoms with E-state index in [1.807, 2.05) is 19.1 Å². The fraction of sp³-hybridized carbons (Fsp3) is 0.526. The number of anilines is 1. The first-order valence-electron chi connectivity index (χ1n) is 8.15. The second-order valence-electron chi connectivity index (χ2n) is 6.05. The third-order valence-electron chi connectivity index (χ3n) is 4.13. The molecule has 132 valence electrons. The maximum atomic E-state index is 12.6. The Bertz CT molecular complexity index is 598. The maximum absolute atomic E-state index is 12.6. The lowest BCUT2D eigenvalue weighted by Crippen LogP contribution is -2.39. The lowest BCUT2D eigenvalue weighted by Gasteiger charge is -2.30. The zero-order chi connectivity index (χ0) is 16.8. The molecule has 1 aromatic heterocycles. The number of allylic oxidation sites excluding steroid dienone is 1. The van der Waals surface area contributed by atoms with E-state index in [1.165, 1.54) is 0 Å². The van der Waals surface area contributed by atoms with Crippen molar-refractivity contribution < 1.29 is 14.7 Å². The van der Waals surface area contributed by atoms with Crippen molar-refractivity contribution in [2.24, 2.45) is 5.92 Å². The number of nitrogens with zero attached hydrogens (tertiary/aromatic N) is 2. The molecular weight excluding hydrogens is 304 g/mol. The molecule has 2 rings (SSSR count). The Kier molecular flexibility index (Phi) is 7.62. The molecule has 0 saturated carbocycles. The van der Waals surface area contributed by atoms with Gasteiger partial charge in [0, 0.05) is 24.6 Å². The maximum Gasteiger partial charge on any atom is 0.303 e. The topological polar surface area (TPSA) is 70.5 Å². The van der Waals surface area contributed by atoms with E-state index in [2.05, 4.69) is 11.6 Å². The number of amides is 1. The summed E-state index contributed by atoms with van der Waals surface area (Å²) in [4.78, 5) is 29.7. The number of hydrogen-bond donors (Lipinski definition) is 1. The molecule has 1 atom stereocenters. The van der Waals surface area contributed by atoms with Crippen molar-refractivity contribution in [2.75, 3.05) is 11.4 Å². The highest BCUT2D eigenvalue weighted by atomic mass is 16.4. The molecule has 0 aromatic carbocycles. The van der Waals surface area contributed by atoms with Crippen LogP contribution in [-0.4, -0.2) is 28.5 Å². The zero-order valence-electron chi connectivity index (χ0n) is 13.6. The molecule has 0 spiro atoms. The number of aliphatic carboxylic acids is 1. The Labute approximate surface area is 144 Å². The highest BCUT2D eigenvalue weighted by Crippen LogP contribution is 2.27. The number of pyridine rings is 1. The summed E-state index contributed by atoms with van der Waals surface area (Å²) in [5, 5.41) is 8.73. The van der Waals surface area contributed by atoms with Crippen LogP contribution in [0.3, 0.4) is 0 Å². The second-order valence-corrected chi connectivity index (χ2v) is 6.05. The van der Waals surface area contributed by atoms with E-state index in [-0.39, 0.29) is 25.7 Å². The number of fused-ring (bicyclic) bond motifs is 1. The van der Waals surface area contributed by atoms with Gasteiger partial charge in [-0.15, -0.1) is 6.58 Å². The first-order chi connectivity index (χ1) is 11.0. The molecule has 1 unspecified atom stereocenters. The minimum absolute atomic E-state index is 0. The minimum Gasteiger partial charge on any atom is -0.481 e. The van der Waals surface area contributed by atoms with Crippen molar-refractivity contribution >= 4 is 17.7 Å². The number of carbonyl (C=O) groups excluding carboxylic acids is 1. The molecule has 2 heterocycles. The van der Waals surface area contributed by atoms with Crippen LogP contribution in [0.5, 0.6) is 0 Å². The van der Waals surface area contributed by atoms with E-state index in [4.69, 9.17) is 5.11 Å². The van der Waals surface area contributed by atoms with Crippen molar-refractivity contribution in [2.45, 2.75) is 52.9 Å². The second kappa shape index (κ2) is 9.21. The number of rotatable bonds is 7. The number of hydrogen-bond acceptors (Lipinski definition) is 3. The van der Waals surface area contributed by atoms with Gasteiger partial charge in [0.05, 0.1) is 0 Å². The van der Waals surface area contributed by atoms with Gasteiger partial charge < -0.3 is 5.11 Å². The van der Waals surface area contributed by atoms with Crippen LogP contribution in [0, 0.1) is 5.92 Å². The lowest BCUT2D eigenvalue weighted by atomic mass is 10.0. The molecule has 0 aliphatic carbocycles. The summed E-state index contributed by atoms with van der Waals surface area (Å²) >= 11 is 0. The van der Waals surface area contributed by atoms with Crippen LogP contribution in [0.4, 0.5) is 5.82 Å². The van der Waals surface area contributed by atoms with Crippen molar-refractivity contribution in [3.8, 4) is 0 Å². The predicted molar refractivity (Wildman–Crippen MR) is 96.2 cm³/mol. The molecule has 0 fully saturated rings. The number of aryl methyl sites for hydroxylation is 2. The molecule has 0 radical (unpaired) electrons. The summed E-state index contributed by atoms with van der Waals surface area (Å²) in [5.74, 6) is -0.0556. The normalized spacial score (nSPS) is 14.3. The quantitative estimate of drug-likeness (QED) is 0.774. The average Bonchev–Trinajstić information content (AvgIpc) is 2.53. The summed E-state index contributed by atoms with van der Waals surface area (Å²) in [6.45, 7) is 6.31. The van der Waals surface area contributed by atoms with Crippen LogP contribution in [0.25, 0.3) is 0 Å². The minimum atomic E-state index is -0.794. The van der Waals surface area contributed by atoms with Gasteiger partial charge >= 0.3 is 5.97 Å². The highest BCUT2D eigenvalue weighted by molar-refractivity contribution is 5.95. The number of aromatic nitrogens is 1. The van der Waals surface area contributed by atoms with Gasteiger partial charge in [-0.25, -0.2) is 4.98 Å². The van der Waals surface area contributed by atoms with Gasteiger partial charge in [-0.2, -0.15) is 0 Å². The van der Waals surface area contributed by atoms with Gasteiger partial charge in [-0.1, -0.05) is 26.5 Å². The average molecular weight is 332 g/mol. The molecule has 1 aliphatic heterocycles. The smallest absolute Gasteiger partial charge is 0.303 e. The summed E-state index contributed by atoms with van der Waals surface area (Å²) in [6.07, 6.45) is 5.60. The summed E-state index contributed by atoms with van der Waals surface area (Å²) in [7, 11) is 0. The summed E-state index contributed by atoms with van der Waals surface area (Å²) < 4.78 is 0. The van der Waals surface area contributed by atoms with Crippen LogP contribution in [-0.2, 0) is 22.4 Å². The van der Waals surface area contributed by atoms with E-state index in [9.17, 15) is 9.59 Å². The molecule has 0 saturated heterocycles. The predicted octanol–water partition coefficient (Wildman–Crippen LogP) is 3.62. The van der Waals surface area contributed by atoms with E-state index < -0.39 is 5.97 Å². The molecule has 5 heteroatoms. The molecular formula is C19H28N2O3. The van der Waals surface area contributed by atoms with Gasteiger partial charge in [-0.05, 0) is 43.7 Å². The van der Waals surface area contributed by atoms with Gasteiger partial charge in [-0.3, -0.25) is 14.5 Å². The Morgan fingerprint density at radius 1 is 1.46 bits per heavy atom. The first-order valence-corrected chi connectivity index (χ1v) is 8.15. The van der Waals surface area contributed by atoms with Gasteiger partial charge in [0.15, 0.2) is 0 Å². The Morgan fingerprint density at radius 3 is 2.88 bits per heavy atom. The highest BCUT2D eigenvalue weighted by Gasteiger charge is 2.27. The van der Waals surface area contributed by atoms with Crippen molar-refractivity contribution in [1.82, 2.24) is 4.98 Å². The number of carboxylic acids is 1. The SMILES string of the molecule is C.C=CCC(C)C(=O)N1CCCc2ccc(CCCC(=O)O)nc21. The Hall–Kier alpha value is -2.17. The third-order valence-corrected chi connectivity index (χ3v) is 4.13. The van der Waals surface area contributed by atoms with Crippen LogP contribution < -0.4 is 4.90 Å². The number of carboxylic acid groups (broad SMARTS) is 1. The summed E-state index contributed by atoms with van der Waals surface area (Å²) in [6, 6.07) is 3.97. The van der Waals surface area contributed by atoms with Gasteiger partial charge in [0.1, 0.15) is 5.82 Å². The number of carbonyl (C=O) groups is 2. The van der Waals surface area contributed by atoms with E-state index in [0.717, 1.165) is 29.9 Å². The zero-order valence-corrected chi connectivity index (χ0v) is 13.6. The Morgan fingerprint density at radius 2 is 2.21 bits per heavy atom. The molecule has 0 bridgehead atoms. The van der Waals surface area contributed by atoms with Crippen LogP contribution in [0.15, 0.2) is 24.8 Å². The molecule has 5 nitrogen and oxygen atoms in total. The van der Waals surface area contributed by atoms with Crippen LogP contribution >= 0.6 is 0 Å². The van der Waals surface area contributed by atoms with Crippen LogP contribution in [0.2, 0.25) is 0 Å². The van der Waals surface area contributed by atoms with Crippen molar-refractivity contribution in [3.05, 3.63) is 36.0 Å². The largest absolute Gasteiger partial charge is 0.481 e. The summed E-state index contributed by atoms with van der Waals surface area (Å²) in [5.41, 5.74) is 1.94. The van der Waals surface area contributed by atoms with E-state index in [0.29, 0.717) is 25.8 Å². The van der Waals surface area contributed by atoms with Crippen molar-refractivity contribution in [3.63, 3.8) is 0 Å². The molecule has 1 amide bonds. The lowest BCUT2D eigenvalue weighted by molar-refractivity contribution is -0.137. The standard InChI is InChI=1S/C18H24N2O3.CH4/c1-3-6-13(2)18(23)20-12-5-7-14-10-11-15(19-17(14)20)8-4-9-16(21)22;/h3,10-11,13H,1,4-9,12H2,2H3,(H,21,22);1H4. The van der Waals surface area contributed by atoms with Gasteiger partial charge in [0.2, 0.25) is 5.91 Å². The first kappa shape index (κ1) is 19.9. The molecule has 1 aliphatic rings. The molecule has 24 heavy (non-hydrogen) atoms. The molecule has 1 N–H and O–H groups in total. The Balaban J connectivity index is 0.00000288. The third kappa shape index (κ3) is 4.91. The van der Waals surface area contributed by atoms with Gasteiger partial charge in [0.25, 0.3) is 0 Å². The van der Waals surface area contributed by atoms with E-state index >= 15 is 0 Å². The monoisotopic (exact) mass is 332 g/mol. The fourth-order valence-corrected chi connectivity index (χ4v) is 2.87. The van der Waals surface area contributed by atoms with Crippen molar-refractivity contribution in [1.29, 1.82) is 0 Å². The molecule has 1 aromatic rings. The van der Waals surface area contributed by atoms with E-state index in [1.54, 1.807) is 11.0 Å².